The quantitative estimate of drug-likeness (QED) is 0.268. The lowest BCUT2D eigenvalue weighted by Gasteiger charge is -2.20. The van der Waals surface area contributed by atoms with Gasteiger partial charge in [-0.3, -0.25) is 0 Å². The number of morpholine rings is 3. The zero-order valence-electron chi connectivity index (χ0n) is 28.5. The molecule has 4 unspecified atom stereocenters. The van der Waals surface area contributed by atoms with E-state index in [1.54, 1.807) is 0 Å². The summed E-state index contributed by atoms with van der Waals surface area (Å²) in [7, 11) is 0. The lowest BCUT2D eigenvalue weighted by molar-refractivity contribution is -0.0963. The minimum Gasteiger partial charge on any atom is -0.381 e. The van der Waals surface area contributed by atoms with Crippen LogP contribution >= 0.6 is 0 Å². The van der Waals surface area contributed by atoms with Crippen LogP contribution in [0.4, 0.5) is 0 Å². The minimum absolute atomic E-state index is 0.500. The molecule has 45 heavy (non-hydrogen) atoms. The molecular weight excluding hydrogens is 574 g/mol. The summed E-state index contributed by atoms with van der Waals surface area (Å²) in [5.74, 6) is 0. The van der Waals surface area contributed by atoms with E-state index >= 15 is 0 Å². The molecule has 0 aromatic rings. The van der Waals surface area contributed by atoms with Gasteiger partial charge in [0.15, 0.2) is 0 Å². The highest BCUT2D eigenvalue weighted by Crippen LogP contribution is 2.21. The maximum Gasteiger partial charge on any atom is 0.146 e. The summed E-state index contributed by atoms with van der Waals surface area (Å²) in [5, 5.41) is 16.5. The Morgan fingerprint density at radius 1 is 0.378 bits per heavy atom. The Hall–Kier alpha value is -0.440. The molecule has 266 valence electrons. The first-order valence-electron chi connectivity index (χ1n) is 18.5. The van der Waals surface area contributed by atoms with E-state index < -0.39 is 0 Å². The molecule has 9 saturated heterocycles. The van der Waals surface area contributed by atoms with Gasteiger partial charge in [-0.2, -0.15) is 0 Å². The van der Waals surface area contributed by atoms with Gasteiger partial charge in [-0.15, -0.1) is 0 Å². The predicted octanol–water partition coefficient (Wildman–Crippen LogP) is 2.58. The van der Waals surface area contributed by atoms with E-state index in [9.17, 15) is 0 Å². The van der Waals surface area contributed by atoms with Gasteiger partial charge >= 0.3 is 0 Å². The maximum absolute atomic E-state index is 5.53. The lowest BCUT2D eigenvalue weighted by atomic mass is 10.2. The Balaban J connectivity index is 0.000000144. The van der Waals surface area contributed by atoms with Gasteiger partial charge in [-0.25, -0.2) is 0 Å². The molecule has 9 fully saturated rings. The third-order valence-electron chi connectivity index (χ3n) is 8.74. The van der Waals surface area contributed by atoms with E-state index in [4.69, 9.17) is 28.4 Å². The fourth-order valence-electron chi connectivity index (χ4n) is 6.07. The van der Waals surface area contributed by atoms with Crippen molar-refractivity contribution in [1.82, 2.24) is 26.6 Å². The van der Waals surface area contributed by atoms with Crippen LogP contribution in [0.25, 0.3) is 0 Å². The predicted molar refractivity (Wildman–Crippen MR) is 180 cm³/mol. The van der Waals surface area contributed by atoms with Crippen LogP contribution in [0.1, 0.15) is 83.5 Å². The maximum atomic E-state index is 5.53. The van der Waals surface area contributed by atoms with Crippen molar-refractivity contribution >= 4 is 0 Å². The highest BCUT2D eigenvalue weighted by Gasteiger charge is 2.28. The molecule has 0 saturated carbocycles. The first-order chi connectivity index (χ1) is 22.4. The third-order valence-corrected chi connectivity index (χ3v) is 8.74. The van der Waals surface area contributed by atoms with E-state index in [0.717, 1.165) is 85.5 Å². The number of fused-ring (bicyclic) bond motifs is 4. The van der Waals surface area contributed by atoms with Crippen LogP contribution in [0.2, 0.25) is 0 Å². The molecule has 0 spiro atoms. The standard InChI is InChI=1S/2C6H11NO.C5H11N.C5H10O.C4H9NO.C4H9N.C4H8O2/c1-2-6-4-8-3-5(1)7-6;1-2-6-4-7-3-5(1)8-6;2*1-2-4-6-5-3-1;1-3-6-4-2-5-1;1-2-4-5-3-1;1-2-5-4-6-3-1/h2*5-7H,1-4H2;6H,1-5H2;1-5H2;5H,1-4H2;5H,1-4H2;1-4H2. The second-order valence-corrected chi connectivity index (χ2v) is 12.9. The number of piperidine rings is 1. The van der Waals surface area contributed by atoms with Crippen LogP contribution in [-0.2, 0) is 28.4 Å². The first-order valence-corrected chi connectivity index (χ1v) is 18.5. The molecular formula is C34H69N5O6. The molecule has 0 aliphatic carbocycles. The van der Waals surface area contributed by atoms with E-state index in [2.05, 4.69) is 26.6 Å². The van der Waals surface area contributed by atoms with E-state index in [0.29, 0.717) is 31.1 Å². The fourth-order valence-corrected chi connectivity index (χ4v) is 6.07. The van der Waals surface area contributed by atoms with Gasteiger partial charge in [0.25, 0.3) is 0 Å². The molecule has 0 amide bonds. The van der Waals surface area contributed by atoms with Crippen molar-refractivity contribution in [2.75, 3.05) is 112 Å². The zero-order chi connectivity index (χ0) is 31.3. The summed E-state index contributed by atoms with van der Waals surface area (Å²) in [6.45, 7) is 17.1. The highest BCUT2D eigenvalue weighted by molar-refractivity contribution is 4.86. The number of hydrogen-bond acceptors (Lipinski definition) is 11. The van der Waals surface area contributed by atoms with Gasteiger partial charge in [0.05, 0.1) is 51.8 Å². The Morgan fingerprint density at radius 2 is 0.867 bits per heavy atom. The highest BCUT2D eigenvalue weighted by atomic mass is 16.7. The molecule has 0 aromatic heterocycles. The van der Waals surface area contributed by atoms with Gasteiger partial charge in [-0.1, -0.05) is 6.42 Å². The Morgan fingerprint density at radius 3 is 1.16 bits per heavy atom. The molecule has 4 atom stereocenters. The number of nitrogens with one attached hydrogen (secondary N) is 5. The Kier molecular flexibility index (Phi) is 24.8. The number of ether oxygens (including phenoxy) is 6. The van der Waals surface area contributed by atoms with Crippen LogP contribution < -0.4 is 26.6 Å². The second kappa shape index (κ2) is 28.6. The largest absolute Gasteiger partial charge is 0.381 e. The number of rotatable bonds is 0. The molecule has 0 radical (unpaired) electrons. The summed E-state index contributed by atoms with van der Waals surface area (Å²) in [6, 6.07) is 1.38. The van der Waals surface area contributed by atoms with Crippen molar-refractivity contribution in [3.8, 4) is 0 Å². The fraction of sp³-hybridized carbons (Fsp3) is 1.00. The Labute approximate surface area is 274 Å². The summed E-state index contributed by atoms with van der Waals surface area (Å²) in [4.78, 5) is 0. The summed E-state index contributed by atoms with van der Waals surface area (Å²) in [6.07, 6.45) is 18.3. The van der Waals surface area contributed by atoms with Crippen LogP contribution in [0, 0.1) is 0 Å². The Bertz CT molecular complexity index is 481. The second-order valence-electron chi connectivity index (χ2n) is 12.9. The van der Waals surface area contributed by atoms with Gasteiger partial charge in [-0.05, 0) is 103 Å². The monoisotopic (exact) mass is 644 g/mol. The molecule has 9 aliphatic rings. The minimum atomic E-state index is 0.500. The lowest BCUT2D eigenvalue weighted by Crippen LogP contribution is -2.41. The van der Waals surface area contributed by atoms with E-state index in [1.807, 2.05) is 0 Å². The third kappa shape index (κ3) is 21.9. The molecule has 9 rings (SSSR count). The van der Waals surface area contributed by atoms with Crippen LogP contribution in [0.3, 0.4) is 0 Å². The average Bonchev–Trinajstić information content (AvgIpc) is 3.92. The van der Waals surface area contributed by atoms with Gasteiger partial charge < -0.3 is 55.0 Å². The van der Waals surface area contributed by atoms with Crippen molar-refractivity contribution < 1.29 is 28.4 Å². The van der Waals surface area contributed by atoms with Crippen LogP contribution in [0.15, 0.2) is 0 Å². The van der Waals surface area contributed by atoms with Crippen molar-refractivity contribution in [3.05, 3.63) is 0 Å². The van der Waals surface area contributed by atoms with Crippen molar-refractivity contribution in [2.45, 2.75) is 108 Å². The average molecular weight is 644 g/mol. The zero-order valence-corrected chi connectivity index (χ0v) is 28.5. The summed E-state index contributed by atoms with van der Waals surface area (Å²) < 4.78 is 30.6. The van der Waals surface area contributed by atoms with Gasteiger partial charge in [0.1, 0.15) is 6.79 Å². The normalized spacial score (nSPS) is 31.5. The van der Waals surface area contributed by atoms with E-state index in [-0.39, 0.29) is 0 Å². The molecule has 11 heteroatoms. The van der Waals surface area contributed by atoms with Crippen molar-refractivity contribution in [3.63, 3.8) is 0 Å². The SMILES string of the molecule is C1CC2CNCC1O2.C1CC2COCC1N2.C1CCNC1.C1CCNCC1.C1CCOCC1.C1COCCN1.C1COCOC1. The summed E-state index contributed by atoms with van der Waals surface area (Å²) in [5.41, 5.74) is 0. The van der Waals surface area contributed by atoms with Crippen molar-refractivity contribution in [1.29, 1.82) is 0 Å². The molecule has 0 aromatic carbocycles. The van der Waals surface area contributed by atoms with Crippen LogP contribution in [0.5, 0.6) is 0 Å². The van der Waals surface area contributed by atoms with E-state index in [1.165, 1.54) is 103 Å². The molecule has 9 heterocycles. The van der Waals surface area contributed by atoms with Gasteiger partial charge in [0, 0.05) is 51.5 Å². The molecule has 11 nitrogen and oxygen atoms in total. The topological polar surface area (TPSA) is 116 Å². The van der Waals surface area contributed by atoms with Crippen LogP contribution in [-0.4, -0.2) is 136 Å². The smallest absolute Gasteiger partial charge is 0.146 e. The number of hydrogen-bond donors (Lipinski definition) is 5. The first kappa shape index (κ1) is 39.0. The molecule has 4 bridgehead atoms. The van der Waals surface area contributed by atoms with Crippen molar-refractivity contribution in [2.24, 2.45) is 0 Å². The van der Waals surface area contributed by atoms with Gasteiger partial charge in [0.2, 0.25) is 0 Å². The molecule has 5 N–H and O–H groups in total. The molecule has 9 aliphatic heterocycles. The summed E-state index contributed by atoms with van der Waals surface area (Å²) >= 11 is 0.